The first-order chi connectivity index (χ1) is 5.04. The normalized spacial score (nSPS) is 16.4. The second-order valence-electron chi connectivity index (χ2n) is 2.08. The van der Waals surface area contributed by atoms with Crippen LogP contribution in [-0.4, -0.2) is 0 Å². The standard InChI is InChI=1S/C7H9.3ClH.V/c1-6-4-3-5-7(6)2;;;;/h3-5H,1-2H3;3*1H;/q;;;;+3/p-3. The van der Waals surface area contributed by atoms with Crippen molar-refractivity contribution in [3.63, 3.8) is 0 Å². The van der Waals surface area contributed by atoms with Gasteiger partial charge in [0.1, 0.15) is 0 Å². The fourth-order valence-corrected chi connectivity index (χ4v) is 0.600. The second-order valence-corrected chi connectivity index (χ2v) is 9.00. The molecule has 0 saturated carbocycles. The van der Waals surface area contributed by atoms with Crippen LogP contribution in [0.3, 0.4) is 0 Å². The van der Waals surface area contributed by atoms with Crippen LogP contribution in [0.2, 0.25) is 0 Å². The summed E-state index contributed by atoms with van der Waals surface area (Å²) in [5.41, 5.74) is 1.39. The summed E-state index contributed by atoms with van der Waals surface area (Å²) in [4.78, 5) is 0. The summed E-state index contributed by atoms with van der Waals surface area (Å²) >= 11 is -1.77. The molecule has 0 aromatic carbocycles. The topological polar surface area (TPSA) is 0 Å². The summed E-state index contributed by atoms with van der Waals surface area (Å²) in [7, 11) is 14.9. The van der Waals surface area contributed by atoms with Crippen molar-refractivity contribution in [1.82, 2.24) is 0 Å². The van der Waals surface area contributed by atoms with Crippen LogP contribution in [0.25, 0.3) is 0 Å². The fraction of sp³-hybridized carbons (Fsp3) is 0.286. The number of allylic oxidation sites excluding steroid dienone is 4. The van der Waals surface area contributed by atoms with E-state index in [9.17, 15) is 0 Å². The first-order valence-electron chi connectivity index (χ1n) is 3.00. The quantitative estimate of drug-likeness (QED) is 0.605. The molecule has 63 valence electrons. The molecule has 0 saturated heterocycles. The van der Waals surface area contributed by atoms with Gasteiger partial charge in [0.25, 0.3) is 0 Å². The zero-order chi connectivity index (χ0) is 8.85. The molecular formula is C7H9Cl3V. The Morgan fingerprint density at radius 1 is 1.18 bits per heavy atom. The van der Waals surface area contributed by atoms with E-state index in [-0.39, 0.29) is 0 Å². The summed E-state index contributed by atoms with van der Waals surface area (Å²) in [6.07, 6.45) is 6.31. The van der Waals surface area contributed by atoms with Gasteiger partial charge in [0.05, 0.1) is 0 Å². The molecule has 0 N–H and O–H groups in total. The molecule has 0 spiro atoms. The molecule has 1 rings (SSSR count). The van der Waals surface area contributed by atoms with Crippen LogP contribution in [-0.2, 0) is 12.3 Å². The molecular weight excluding hydrogens is 241 g/mol. The van der Waals surface area contributed by atoms with Crippen molar-refractivity contribution in [3.05, 3.63) is 29.7 Å². The molecule has 1 radical (unpaired) electrons. The Labute approximate surface area is 85.1 Å². The van der Waals surface area contributed by atoms with Crippen LogP contribution in [0.5, 0.6) is 0 Å². The van der Waals surface area contributed by atoms with Gasteiger partial charge in [-0.05, 0) is 6.92 Å². The average molecular weight is 250 g/mol. The molecule has 0 nitrogen and oxygen atoms in total. The Morgan fingerprint density at radius 2 is 1.64 bits per heavy atom. The van der Waals surface area contributed by atoms with Gasteiger partial charge in [0, 0.05) is 5.92 Å². The van der Waals surface area contributed by atoms with E-state index < -0.39 is 12.3 Å². The Bertz CT molecular complexity index is 160. The monoisotopic (exact) mass is 249 g/mol. The van der Waals surface area contributed by atoms with Crippen molar-refractivity contribution in [1.29, 1.82) is 0 Å². The molecule has 1 aliphatic carbocycles. The van der Waals surface area contributed by atoms with E-state index >= 15 is 0 Å². The number of hydrogen-bond acceptors (Lipinski definition) is 0. The molecule has 4 heteroatoms. The Hall–Kier alpha value is 0.934. The minimum absolute atomic E-state index is 1.39. The van der Waals surface area contributed by atoms with Gasteiger partial charge in [-0.2, -0.15) is 0 Å². The summed E-state index contributed by atoms with van der Waals surface area (Å²) in [5, 5.41) is 0. The molecule has 11 heavy (non-hydrogen) atoms. The summed E-state index contributed by atoms with van der Waals surface area (Å²) < 4.78 is 0. The first kappa shape index (κ1) is 11.9. The van der Waals surface area contributed by atoms with Crippen LogP contribution in [0.1, 0.15) is 13.8 Å². The van der Waals surface area contributed by atoms with Gasteiger partial charge in [-0.15, -0.1) is 0 Å². The summed E-state index contributed by atoms with van der Waals surface area (Å²) in [5.74, 6) is 1.39. The molecule has 0 amide bonds. The molecule has 0 heterocycles. The molecule has 0 aliphatic heterocycles. The van der Waals surface area contributed by atoms with E-state index in [1.807, 2.05) is 0 Å². The Kier molecular flexibility index (Phi) is 7.00. The van der Waals surface area contributed by atoms with Gasteiger partial charge in [-0.25, -0.2) is 0 Å². The average Bonchev–Trinajstić information content (AvgIpc) is 2.15. The number of halogens is 3. The van der Waals surface area contributed by atoms with Crippen molar-refractivity contribution < 1.29 is 12.3 Å². The van der Waals surface area contributed by atoms with Crippen molar-refractivity contribution in [3.8, 4) is 0 Å². The zero-order valence-electron chi connectivity index (χ0n) is 6.31. The molecule has 0 aromatic heterocycles. The van der Waals surface area contributed by atoms with E-state index in [0.717, 1.165) is 0 Å². The van der Waals surface area contributed by atoms with Gasteiger partial charge in [0.15, 0.2) is 0 Å². The van der Waals surface area contributed by atoms with E-state index in [4.69, 9.17) is 29.5 Å². The fourth-order valence-electron chi connectivity index (χ4n) is 0.600. The van der Waals surface area contributed by atoms with Gasteiger partial charge in [-0.1, -0.05) is 30.7 Å². The van der Waals surface area contributed by atoms with Crippen molar-refractivity contribution in [2.75, 3.05) is 0 Å². The molecule has 0 fully saturated rings. The van der Waals surface area contributed by atoms with Crippen LogP contribution < -0.4 is 0 Å². The van der Waals surface area contributed by atoms with Crippen LogP contribution in [0.4, 0.5) is 0 Å². The third kappa shape index (κ3) is 7.30. The van der Waals surface area contributed by atoms with Gasteiger partial charge < -0.3 is 0 Å². The SMILES string of the molecule is C[C]1C=CC=C1C.[Cl][V]([Cl])[Cl]. The number of rotatable bonds is 0. The maximum absolute atomic E-state index is 4.95. The Morgan fingerprint density at radius 3 is 1.73 bits per heavy atom. The first-order valence-corrected chi connectivity index (χ1v) is 8.77. The molecule has 0 aromatic rings. The third-order valence-corrected chi connectivity index (χ3v) is 1.31. The number of hydrogen-bond donors (Lipinski definition) is 0. The summed E-state index contributed by atoms with van der Waals surface area (Å²) in [6, 6.07) is 0. The van der Waals surface area contributed by atoms with Crippen LogP contribution in [0.15, 0.2) is 23.8 Å². The molecule has 0 bridgehead atoms. The predicted octanol–water partition coefficient (Wildman–Crippen LogP) is 4.16. The van der Waals surface area contributed by atoms with Gasteiger partial charge in [0.2, 0.25) is 0 Å². The predicted molar refractivity (Wildman–Crippen MR) is 49.4 cm³/mol. The molecule has 1 aliphatic rings. The Balaban J connectivity index is 0.000000218. The molecule has 0 atom stereocenters. The molecule has 0 unspecified atom stereocenters. The van der Waals surface area contributed by atoms with E-state index in [2.05, 4.69) is 32.1 Å². The van der Waals surface area contributed by atoms with Gasteiger partial charge in [-0.3, -0.25) is 0 Å². The van der Waals surface area contributed by atoms with E-state index in [1.54, 1.807) is 0 Å². The van der Waals surface area contributed by atoms with Gasteiger partial charge >= 0.3 is 41.8 Å². The van der Waals surface area contributed by atoms with Crippen LogP contribution >= 0.6 is 29.5 Å². The van der Waals surface area contributed by atoms with Crippen molar-refractivity contribution in [2.24, 2.45) is 0 Å². The third-order valence-electron chi connectivity index (χ3n) is 1.31. The van der Waals surface area contributed by atoms with E-state index in [0.29, 0.717) is 0 Å². The maximum atomic E-state index is 4.95. The van der Waals surface area contributed by atoms with Crippen molar-refractivity contribution >= 4 is 29.5 Å². The van der Waals surface area contributed by atoms with Crippen LogP contribution in [0, 0.1) is 5.92 Å². The summed E-state index contributed by atoms with van der Waals surface area (Å²) in [6.45, 7) is 4.24. The second kappa shape index (κ2) is 6.45. The van der Waals surface area contributed by atoms with Crippen molar-refractivity contribution in [2.45, 2.75) is 13.8 Å². The van der Waals surface area contributed by atoms with E-state index in [1.165, 1.54) is 11.5 Å². The minimum atomic E-state index is -1.77. The zero-order valence-corrected chi connectivity index (χ0v) is 9.98.